The van der Waals surface area contributed by atoms with E-state index in [2.05, 4.69) is 5.16 Å². The molecule has 0 spiro atoms. The van der Waals surface area contributed by atoms with Gasteiger partial charge in [0.15, 0.2) is 5.82 Å². The van der Waals surface area contributed by atoms with Crippen molar-refractivity contribution in [3.05, 3.63) is 11.7 Å². The summed E-state index contributed by atoms with van der Waals surface area (Å²) in [7, 11) is 1.77. The molecule has 3 heterocycles. The molecule has 3 atom stereocenters. The molecule has 1 aromatic rings. The van der Waals surface area contributed by atoms with Crippen molar-refractivity contribution in [2.45, 2.75) is 50.4 Å². The van der Waals surface area contributed by atoms with Crippen LogP contribution in [0.5, 0.6) is 0 Å². The minimum Gasteiger partial charge on any atom is -0.345 e. The lowest BCUT2D eigenvalue weighted by molar-refractivity contribution is -0.135. The van der Waals surface area contributed by atoms with Crippen molar-refractivity contribution in [2.75, 3.05) is 26.7 Å². The smallest absolute Gasteiger partial charge is 0.235 e. The van der Waals surface area contributed by atoms with E-state index in [1.165, 1.54) is 12.8 Å². The molecule has 5 rings (SSSR count). The number of hydrogen-bond donors (Lipinski definition) is 0. The minimum atomic E-state index is -0.198. The molecule has 1 aromatic heterocycles. The fourth-order valence-corrected chi connectivity index (χ4v) is 5.21. The van der Waals surface area contributed by atoms with E-state index in [4.69, 9.17) is 9.51 Å². The Morgan fingerprint density at radius 2 is 2.15 bits per heavy atom. The molecule has 140 valence electrons. The van der Waals surface area contributed by atoms with Crippen molar-refractivity contribution >= 4 is 11.8 Å². The molecule has 4 fully saturated rings. The Hall–Kier alpha value is -1.92. The molecule has 0 bridgehead atoms. The third kappa shape index (κ3) is 2.55. The number of likely N-dealkylation sites (tertiary alicyclic amines) is 2. The van der Waals surface area contributed by atoms with E-state index in [0.717, 1.165) is 49.9 Å². The zero-order valence-electron chi connectivity index (χ0n) is 15.3. The molecule has 2 saturated carbocycles. The second-order valence-corrected chi connectivity index (χ2v) is 8.80. The van der Waals surface area contributed by atoms with Crippen LogP contribution in [0.25, 0.3) is 0 Å². The summed E-state index contributed by atoms with van der Waals surface area (Å²) < 4.78 is 5.71. The Morgan fingerprint density at radius 1 is 1.31 bits per heavy atom. The van der Waals surface area contributed by atoms with Gasteiger partial charge in [-0.05, 0) is 37.5 Å². The first-order valence-electron chi connectivity index (χ1n) is 9.91. The van der Waals surface area contributed by atoms with Crippen LogP contribution in [0.2, 0.25) is 0 Å². The zero-order chi connectivity index (χ0) is 17.9. The predicted octanol–water partition coefficient (Wildman–Crippen LogP) is 1.38. The molecule has 0 unspecified atom stereocenters. The molecular weight excluding hydrogens is 332 g/mol. The maximum atomic E-state index is 13.0. The van der Waals surface area contributed by atoms with Gasteiger partial charge in [-0.1, -0.05) is 11.6 Å². The van der Waals surface area contributed by atoms with E-state index in [9.17, 15) is 9.59 Å². The topological polar surface area (TPSA) is 79.5 Å². The van der Waals surface area contributed by atoms with Crippen LogP contribution in [0, 0.1) is 17.8 Å². The van der Waals surface area contributed by atoms with Crippen LogP contribution in [-0.4, -0.2) is 58.4 Å². The van der Waals surface area contributed by atoms with Gasteiger partial charge in [-0.15, -0.1) is 0 Å². The number of fused-ring (bicyclic) bond motifs is 1. The monoisotopic (exact) mass is 358 g/mol. The summed E-state index contributed by atoms with van der Waals surface area (Å²) in [6, 6.07) is 0. The first-order chi connectivity index (χ1) is 12.5. The normalized spacial score (nSPS) is 34.0. The fraction of sp³-hybridized carbons (Fsp3) is 0.789. The first kappa shape index (κ1) is 16.3. The average Bonchev–Trinajstić information content (AvgIpc) is 2.95. The highest BCUT2D eigenvalue weighted by molar-refractivity contribution is 5.89. The lowest BCUT2D eigenvalue weighted by Crippen LogP contribution is -2.38. The van der Waals surface area contributed by atoms with E-state index in [1.54, 1.807) is 11.9 Å². The molecule has 4 aliphatic rings. The van der Waals surface area contributed by atoms with Crippen LogP contribution in [0.1, 0.15) is 50.2 Å². The van der Waals surface area contributed by atoms with Gasteiger partial charge in [0.1, 0.15) is 0 Å². The second-order valence-electron chi connectivity index (χ2n) is 8.80. The highest BCUT2D eigenvalue weighted by Crippen LogP contribution is 2.50. The van der Waals surface area contributed by atoms with E-state index < -0.39 is 0 Å². The summed E-state index contributed by atoms with van der Waals surface area (Å²) in [6.45, 7) is 1.96. The molecule has 0 N–H and O–H groups in total. The molecule has 2 aliphatic carbocycles. The van der Waals surface area contributed by atoms with Gasteiger partial charge >= 0.3 is 0 Å². The van der Waals surface area contributed by atoms with Gasteiger partial charge in [-0.3, -0.25) is 9.59 Å². The second kappa shape index (κ2) is 5.79. The van der Waals surface area contributed by atoms with Crippen LogP contribution < -0.4 is 0 Å². The fourth-order valence-electron chi connectivity index (χ4n) is 5.21. The summed E-state index contributed by atoms with van der Waals surface area (Å²) in [5.41, 5.74) is -0.168. The van der Waals surface area contributed by atoms with Gasteiger partial charge in [0.05, 0.1) is 11.3 Å². The van der Waals surface area contributed by atoms with Gasteiger partial charge in [-0.25, -0.2) is 0 Å². The number of carbonyl (C=O) groups is 2. The summed E-state index contributed by atoms with van der Waals surface area (Å²) >= 11 is 0. The molecule has 2 saturated heterocycles. The number of amides is 2. The van der Waals surface area contributed by atoms with Gasteiger partial charge in [-0.2, -0.15) is 4.98 Å². The zero-order valence-corrected chi connectivity index (χ0v) is 15.3. The average molecular weight is 358 g/mol. The van der Waals surface area contributed by atoms with Crippen LogP contribution in [0.15, 0.2) is 4.52 Å². The van der Waals surface area contributed by atoms with Crippen LogP contribution in [-0.2, 0) is 21.4 Å². The Kier molecular flexibility index (Phi) is 3.62. The van der Waals surface area contributed by atoms with E-state index in [1.807, 2.05) is 4.90 Å². The summed E-state index contributed by atoms with van der Waals surface area (Å²) in [6.07, 6.45) is 7.07. The number of aromatic nitrogens is 2. The van der Waals surface area contributed by atoms with Gasteiger partial charge in [0.2, 0.25) is 17.7 Å². The first-order valence-corrected chi connectivity index (χ1v) is 9.91. The van der Waals surface area contributed by atoms with Crippen molar-refractivity contribution in [1.82, 2.24) is 19.9 Å². The lowest BCUT2D eigenvalue weighted by Gasteiger charge is -2.25. The summed E-state index contributed by atoms with van der Waals surface area (Å²) in [5, 5.41) is 4.22. The lowest BCUT2D eigenvalue weighted by atomic mass is 9.80. The van der Waals surface area contributed by atoms with Gasteiger partial charge < -0.3 is 14.3 Å². The molecule has 7 nitrogen and oxygen atoms in total. The number of rotatable bonds is 4. The van der Waals surface area contributed by atoms with E-state index in [-0.39, 0.29) is 23.1 Å². The largest absolute Gasteiger partial charge is 0.345 e. The molecule has 0 aromatic carbocycles. The summed E-state index contributed by atoms with van der Waals surface area (Å²) in [4.78, 5) is 33.2. The minimum absolute atomic E-state index is 0.0686. The number of nitrogens with zero attached hydrogens (tertiary/aromatic N) is 4. The van der Waals surface area contributed by atoms with Crippen molar-refractivity contribution in [2.24, 2.45) is 17.8 Å². The molecule has 26 heavy (non-hydrogen) atoms. The number of hydrogen-bond acceptors (Lipinski definition) is 5. The van der Waals surface area contributed by atoms with Crippen molar-refractivity contribution in [3.8, 4) is 0 Å². The van der Waals surface area contributed by atoms with E-state index in [0.29, 0.717) is 25.4 Å². The van der Waals surface area contributed by atoms with Gasteiger partial charge in [0.25, 0.3) is 0 Å². The highest BCUT2D eigenvalue weighted by atomic mass is 16.5. The third-order valence-corrected chi connectivity index (χ3v) is 6.93. The van der Waals surface area contributed by atoms with Gasteiger partial charge in [0, 0.05) is 39.5 Å². The molecule has 2 amide bonds. The Balaban J connectivity index is 1.34. The van der Waals surface area contributed by atoms with Crippen LogP contribution in [0.3, 0.4) is 0 Å². The number of carbonyl (C=O) groups excluding carboxylic acids is 2. The van der Waals surface area contributed by atoms with Crippen molar-refractivity contribution < 1.29 is 14.1 Å². The Bertz CT molecular complexity index is 743. The van der Waals surface area contributed by atoms with Crippen molar-refractivity contribution in [1.29, 1.82) is 0 Å². The Morgan fingerprint density at radius 3 is 2.88 bits per heavy atom. The van der Waals surface area contributed by atoms with Crippen LogP contribution in [0.4, 0.5) is 0 Å². The molecule has 2 aliphatic heterocycles. The molecule has 7 heteroatoms. The van der Waals surface area contributed by atoms with Crippen LogP contribution >= 0.6 is 0 Å². The van der Waals surface area contributed by atoms with Crippen molar-refractivity contribution in [3.63, 3.8) is 0 Å². The standard InChI is InChI=1S/C19H26N4O3/c1-22-9-13(8-16(22)24)17(25)23-10-14-3-2-6-19(14,11-23)18-20-15(21-26-18)7-12-4-5-12/h12-14H,2-11H2,1H3/t13-,14-,19-/m1/s1. The highest BCUT2D eigenvalue weighted by Gasteiger charge is 2.56. The third-order valence-electron chi connectivity index (χ3n) is 6.93. The maximum absolute atomic E-state index is 13.0. The quantitative estimate of drug-likeness (QED) is 0.812. The SMILES string of the molecule is CN1C[C@H](C(=O)N2C[C@H]3CCC[C@@]3(c3nc(CC4CC4)no3)C2)CC1=O. The molecular formula is C19H26N4O3. The molecule has 0 radical (unpaired) electrons. The maximum Gasteiger partial charge on any atom is 0.235 e. The Labute approximate surface area is 153 Å². The predicted molar refractivity (Wildman–Crippen MR) is 92.1 cm³/mol. The van der Waals surface area contributed by atoms with E-state index >= 15 is 0 Å². The summed E-state index contributed by atoms with van der Waals surface area (Å²) in [5.74, 6) is 2.69.